The second kappa shape index (κ2) is 6.03. The van der Waals surface area contributed by atoms with Gasteiger partial charge >= 0.3 is 0 Å². The summed E-state index contributed by atoms with van der Waals surface area (Å²) in [6.07, 6.45) is 1.78. The van der Waals surface area contributed by atoms with Crippen molar-refractivity contribution in [2.24, 2.45) is 7.05 Å². The molecule has 108 valence electrons. The molecule has 5 nitrogen and oxygen atoms in total. The van der Waals surface area contributed by atoms with Crippen LogP contribution in [0.4, 0.5) is 5.82 Å². The Labute approximate surface area is 135 Å². The molecule has 1 N–H and O–H groups in total. The van der Waals surface area contributed by atoms with Crippen molar-refractivity contribution in [3.63, 3.8) is 0 Å². The molecule has 0 spiro atoms. The van der Waals surface area contributed by atoms with Crippen molar-refractivity contribution < 1.29 is 0 Å². The highest BCUT2D eigenvalue weighted by Gasteiger charge is 2.10. The average Bonchev–Trinajstić information content (AvgIpc) is 2.87. The summed E-state index contributed by atoms with van der Waals surface area (Å²) in [7, 11) is 3.75. The minimum Gasteiger partial charge on any atom is -0.372 e. The molecule has 0 aliphatic carbocycles. The van der Waals surface area contributed by atoms with E-state index in [9.17, 15) is 0 Å². The van der Waals surface area contributed by atoms with Gasteiger partial charge in [-0.1, -0.05) is 15.9 Å². The summed E-state index contributed by atoms with van der Waals surface area (Å²) in [5, 5.41) is 8.29. The molecule has 0 aliphatic heterocycles. The Kier molecular flexibility index (Phi) is 4.12. The maximum atomic E-state index is 4.60. The minimum atomic E-state index is 0.720. The molecular weight excluding hydrogens is 350 g/mol. The zero-order valence-corrected chi connectivity index (χ0v) is 14.1. The smallest absolute Gasteiger partial charge is 0.163 e. The number of aryl methyl sites for hydroxylation is 1. The van der Waals surface area contributed by atoms with Gasteiger partial charge in [-0.15, -0.1) is 11.8 Å². The van der Waals surface area contributed by atoms with Crippen molar-refractivity contribution >= 4 is 44.5 Å². The number of aromatic nitrogens is 4. The Balaban J connectivity index is 1.86. The minimum absolute atomic E-state index is 0.720. The molecule has 2 heterocycles. The van der Waals surface area contributed by atoms with E-state index in [1.54, 1.807) is 22.6 Å². The maximum absolute atomic E-state index is 4.60. The molecule has 2 aromatic heterocycles. The van der Waals surface area contributed by atoms with Gasteiger partial charge in [-0.05, 0) is 24.3 Å². The number of hydrogen-bond acceptors (Lipinski definition) is 5. The second-order valence-electron chi connectivity index (χ2n) is 4.49. The summed E-state index contributed by atoms with van der Waals surface area (Å²) < 4.78 is 2.85. The fourth-order valence-electron chi connectivity index (χ4n) is 2.00. The lowest BCUT2D eigenvalue weighted by Gasteiger charge is -2.06. The fourth-order valence-corrected chi connectivity index (χ4v) is 3.02. The lowest BCUT2D eigenvalue weighted by atomic mass is 10.4. The number of benzene rings is 1. The van der Waals surface area contributed by atoms with Gasteiger partial charge in [0.05, 0.1) is 17.3 Å². The van der Waals surface area contributed by atoms with Crippen LogP contribution >= 0.6 is 27.7 Å². The number of thioether (sulfide) groups is 1. The van der Waals surface area contributed by atoms with Crippen LogP contribution in [-0.2, 0) is 12.8 Å². The molecule has 1 aromatic carbocycles. The summed E-state index contributed by atoms with van der Waals surface area (Å²) in [6, 6.07) is 8.23. The molecular formula is C14H14BrN5S. The molecule has 0 aliphatic rings. The SMILES string of the molecule is CNc1nc(CSc2ccc(Br)cc2)nc2c1cnn2C. The molecule has 0 unspecified atom stereocenters. The van der Waals surface area contributed by atoms with E-state index in [2.05, 4.69) is 48.4 Å². The quantitative estimate of drug-likeness (QED) is 0.719. The fraction of sp³-hybridized carbons (Fsp3) is 0.214. The van der Waals surface area contributed by atoms with E-state index in [-0.39, 0.29) is 0 Å². The summed E-state index contributed by atoms with van der Waals surface area (Å²) in [4.78, 5) is 10.3. The number of nitrogens with one attached hydrogen (secondary N) is 1. The largest absolute Gasteiger partial charge is 0.372 e. The molecule has 3 aromatic rings. The topological polar surface area (TPSA) is 55.6 Å². The van der Waals surface area contributed by atoms with Gasteiger partial charge in [0.1, 0.15) is 11.6 Å². The zero-order chi connectivity index (χ0) is 14.8. The normalized spacial score (nSPS) is 11.0. The highest BCUT2D eigenvalue weighted by Crippen LogP contribution is 2.25. The van der Waals surface area contributed by atoms with Crippen molar-refractivity contribution in [3.05, 3.63) is 40.8 Å². The van der Waals surface area contributed by atoms with Gasteiger partial charge < -0.3 is 5.32 Å². The van der Waals surface area contributed by atoms with Crippen LogP contribution in [0.5, 0.6) is 0 Å². The Morgan fingerprint density at radius 1 is 1.24 bits per heavy atom. The zero-order valence-electron chi connectivity index (χ0n) is 11.7. The van der Waals surface area contributed by atoms with Gasteiger partial charge in [-0.25, -0.2) is 9.97 Å². The number of fused-ring (bicyclic) bond motifs is 1. The second-order valence-corrected chi connectivity index (χ2v) is 6.45. The van der Waals surface area contributed by atoms with Gasteiger partial charge in [-0.3, -0.25) is 4.68 Å². The van der Waals surface area contributed by atoms with Crippen LogP contribution < -0.4 is 5.32 Å². The van der Waals surface area contributed by atoms with Gasteiger partial charge in [0.15, 0.2) is 5.65 Å². The first-order valence-corrected chi connectivity index (χ1v) is 8.20. The van der Waals surface area contributed by atoms with Crippen molar-refractivity contribution in [2.75, 3.05) is 12.4 Å². The summed E-state index contributed by atoms with van der Waals surface area (Å²) in [5.74, 6) is 2.33. The Hall–Kier alpha value is -1.60. The molecule has 0 fully saturated rings. The molecule has 0 radical (unpaired) electrons. The predicted octanol–water partition coefficient (Wildman–Crippen LogP) is 3.46. The van der Waals surface area contributed by atoms with Crippen LogP contribution in [0.1, 0.15) is 5.82 Å². The third-order valence-electron chi connectivity index (χ3n) is 3.06. The molecule has 21 heavy (non-hydrogen) atoms. The van der Waals surface area contributed by atoms with Crippen molar-refractivity contribution in [2.45, 2.75) is 10.6 Å². The van der Waals surface area contributed by atoms with Crippen LogP contribution in [0, 0.1) is 0 Å². The number of nitrogens with zero attached hydrogens (tertiary/aromatic N) is 4. The van der Waals surface area contributed by atoms with Gasteiger partial charge in [0, 0.05) is 23.5 Å². The molecule has 7 heteroatoms. The molecule has 3 rings (SSSR count). The van der Waals surface area contributed by atoms with E-state index in [1.807, 2.05) is 26.2 Å². The first-order chi connectivity index (χ1) is 10.2. The van der Waals surface area contributed by atoms with Crippen LogP contribution in [-0.4, -0.2) is 26.8 Å². The predicted molar refractivity (Wildman–Crippen MR) is 89.6 cm³/mol. The van der Waals surface area contributed by atoms with Gasteiger partial charge in [0.2, 0.25) is 0 Å². The van der Waals surface area contributed by atoms with E-state index in [1.165, 1.54) is 4.90 Å². The lowest BCUT2D eigenvalue weighted by molar-refractivity contribution is 0.782. The van der Waals surface area contributed by atoms with Crippen molar-refractivity contribution in [1.82, 2.24) is 19.7 Å². The summed E-state index contributed by atoms with van der Waals surface area (Å²) in [5.41, 5.74) is 0.848. The summed E-state index contributed by atoms with van der Waals surface area (Å²) >= 11 is 5.15. The molecule has 0 atom stereocenters. The van der Waals surface area contributed by atoms with E-state index < -0.39 is 0 Å². The average molecular weight is 364 g/mol. The third-order valence-corrected chi connectivity index (χ3v) is 4.59. The van der Waals surface area contributed by atoms with Gasteiger partial charge in [-0.2, -0.15) is 5.10 Å². The number of halogens is 1. The first kappa shape index (κ1) is 14.3. The van der Waals surface area contributed by atoms with E-state index in [0.29, 0.717) is 0 Å². The van der Waals surface area contributed by atoms with E-state index in [4.69, 9.17) is 0 Å². The van der Waals surface area contributed by atoms with Gasteiger partial charge in [0.25, 0.3) is 0 Å². The van der Waals surface area contributed by atoms with Crippen LogP contribution in [0.3, 0.4) is 0 Å². The Morgan fingerprint density at radius 2 is 2.00 bits per heavy atom. The monoisotopic (exact) mass is 363 g/mol. The molecule has 0 amide bonds. The third kappa shape index (κ3) is 3.03. The van der Waals surface area contributed by atoms with E-state index in [0.717, 1.165) is 32.9 Å². The van der Waals surface area contributed by atoms with Crippen LogP contribution in [0.15, 0.2) is 39.8 Å². The number of hydrogen-bond donors (Lipinski definition) is 1. The van der Waals surface area contributed by atoms with Crippen LogP contribution in [0.2, 0.25) is 0 Å². The Bertz CT molecular complexity index is 769. The first-order valence-electron chi connectivity index (χ1n) is 6.42. The molecule has 0 saturated carbocycles. The highest BCUT2D eigenvalue weighted by atomic mass is 79.9. The highest BCUT2D eigenvalue weighted by molar-refractivity contribution is 9.10. The number of rotatable bonds is 4. The Morgan fingerprint density at radius 3 is 2.71 bits per heavy atom. The number of anilines is 1. The van der Waals surface area contributed by atoms with E-state index >= 15 is 0 Å². The summed E-state index contributed by atoms with van der Waals surface area (Å²) in [6.45, 7) is 0. The maximum Gasteiger partial charge on any atom is 0.163 e. The molecule has 0 saturated heterocycles. The van der Waals surface area contributed by atoms with Crippen LogP contribution in [0.25, 0.3) is 11.0 Å². The van der Waals surface area contributed by atoms with Crippen molar-refractivity contribution in [1.29, 1.82) is 0 Å². The lowest BCUT2D eigenvalue weighted by Crippen LogP contribution is -2.02. The standard InChI is InChI=1S/C14H14BrN5S/c1-16-13-11-7-17-20(2)14(11)19-12(18-13)8-21-10-5-3-9(15)4-6-10/h3-7H,8H2,1-2H3,(H,16,18,19). The molecule has 0 bridgehead atoms. The van der Waals surface area contributed by atoms with Crippen molar-refractivity contribution in [3.8, 4) is 0 Å².